The molecule has 4 nitrogen and oxygen atoms in total. The van der Waals surface area contributed by atoms with Gasteiger partial charge in [0.15, 0.2) is 0 Å². The van der Waals surface area contributed by atoms with Crippen LogP contribution in [0.5, 0.6) is 0 Å². The maximum absolute atomic E-state index is 11.6. The Morgan fingerprint density at radius 3 is 1.70 bits per heavy atom. The Kier molecular flexibility index (Phi) is 14.3. The van der Waals surface area contributed by atoms with Gasteiger partial charge in [-0.25, -0.2) is 0 Å². The molecule has 0 aliphatic heterocycles. The molecule has 0 fully saturated rings. The third kappa shape index (κ3) is 18.8. The molecule has 0 aromatic carbocycles. The Hall–Kier alpha value is 0.668. The van der Waals surface area contributed by atoms with Crippen LogP contribution in [0.1, 0.15) is 71.1 Å². The fraction of sp³-hybridized carbons (Fsp3) is 1.00. The second kappa shape index (κ2) is 13.9. The molecule has 0 heterocycles. The Morgan fingerprint density at radius 2 is 1.22 bits per heavy atom. The molecule has 6 heteroatoms. The van der Waals surface area contributed by atoms with Crippen molar-refractivity contribution in [3.8, 4) is 0 Å². The average Bonchev–Trinajstić information content (AvgIpc) is 2.43. The molecule has 0 bridgehead atoms. The van der Waals surface area contributed by atoms with E-state index in [1.165, 1.54) is 44.9 Å². The SMILES string of the molecule is CCCCCCCCCCCCOP(=O)([O-])OCC[As](C)(C)C. The number of hydrogen-bond donors (Lipinski definition) is 0. The molecule has 1 unspecified atom stereocenters. The van der Waals surface area contributed by atoms with E-state index in [9.17, 15) is 9.46 Å². The van der Waals surface area contributed by atoms with E-state index in [-0.39, 0.29) is 13.2 Å². The summed E-state index contributed by atoms with van der Waals surface area (Å²) in [6.45, 7) is 2.77. The van der Waals surface area contributed by atoms with Crippen LogP contribution in [0.2, 0.25) is 22.3 Å². The Labute approximate surface area is 146 Å². The Balaban J connectivity index is 3.40. The van der Waals surface area contributed by atoms with Crippen molar-refractivity contribution in [2.75, 3.05) is 13.2 Å². The maximum atomic E-state index is 11.6. The number of unbranched alkanes of at least 4 members (excludes halogenated alkanes) is 9. The van der Waals surface area contributed by atoms with E-state index < -0.39 is 21.4 Å². The molecule has 0 saturated carbocycles. The minimum atomic E-state index is -4.08. The summed E-state index contributed by atoms with van der Waals surface area (Å²) in [7, 11) is -4.08. The monoisotopic (exact) mass is 412 g/mol. The summed E-state index contributed by atoms with van der Waals surface area (Å²) in [5, 5.41) is 0.867. The van der Waals surface area contributed by atoms with Crippen molar-refractivity contribution in [2.45, 2.75) is 93.5 Å². The van der Waals surface area contributed by atoms with E-state index in [1.54, 1.807) is 0 Å². The predicted octanol–water partition coefficient (Wildman–Crippen LogP) is 5.75. The van der Waals surface area contributed by atoms with Gasteiger partial charge in [0.05, 0.1) is 0 Å². The van der Waals surface area contributed by atoms with E-state index in [2.05, 4.69) is 24.1 Å². The van der Waals surface area contributed by atoms with Gasteiger partial charge in [-0.2, -0.15) is 0 Å². The van der Waals surface area contributed by atoms with Gasteiger partial charge in [0.1, 0.15) is 0 Å². The van der Waals surface area contributed by atoms with Gasteiger partial charge in [0.2, 0.25) is 0 Å². The third-order valence-electron chi connectivity index (χ3n) is 3.76. The molecular formula is C17H38AsO4P-. The van der Waals surface area contributed by atoms with Crippen LogP contribution in [-0.2, 0) is 13.6 Å². The zero-order valence-corrected chi connectivity index (χ0v) is 18.5. The Bertz CT molecular complexity index is 318. The molecule has 0 N–H and O–H groups in total. The molecule has 1 atom stereocenters. The number of phosphoric ester groups is 1. The number of hydrogen-bond acceptors (Lipinski definition) is 4. The molecule has 141 valence electrons. The first-order chi connectivity index (χ1) is 10.8. The topological polar surface area (TPSA) is 58.6 Å². The van der Waals surface area contributed by atoms with Crippen LogP contribution in [0.25, 0.3) is 0 Å². The average molecular weight is 412 g/mol. The molecule has 0 spiro atoms. The van der Waals surface area contributed by atoms with Crippen molar-refractivity contribution in [1.29, 1.82) is 0 Å². The first-order valence-corrected chi connectivity index (χ1v) is 17.6. The van der Waals surface area contributed by atoms with Crippen LogP contribution >= 0.6 is 7.82 Å². The zero-order valence-electron chi connectivity index (χ0n) is 15.7. The summed E-state index contributed by atoms with van der Waals surface area (Å²) in [4.78, 5) is 11.6. The molecule has 0 aromatic heterocycles. The van der Waals surface area contributed by atoms with Gasteiger partial charge in [-0.1, -0.05) is 32.6 Å². The fourth-order valence-electron chi connectivity index (χ4n) is 2.23. The van der Waals surface area contributed by atoms with Crippen LogP contribution in [-0.4, -0.2) is 26.8 Å². The van der Waals surface area contributed by atoms with Gasteiger partial charge >= 0.3 is 114 Å². The molecule has 0 saturated heterocycles. The summed E-state index contributed by atoms with van der Waals surface area (Å²) >= 11 is -1.58. The second-order valence-electron chi connectivity index (χ2n) is 7.31. The normalized spacial score (nSPS) is 14.8. The fourth-order valence-corrected chi connectivity index (χ4v) is 4.63. The summed E-state index contributed by atoms with van der Waals surface area (Å²) in [5.74, 6) is 0. The van der Waals surface area contributed by atoms with Crippen LogP contribution in [0.15, 0.2) is 0 Å². The first-order valence-electron chi connectivity index (χ1n) is 9.17. The van der Waals surface area contributed by atoms with Crippen molar-refractivity contribution < 1.29 is 18.5 Å². The molecule has 0 aliphatic rings. The van der Waals surface area contributed by atoms with Crippen LogP contribution in [0, 0.1) is 0 Å². The van der Waals surface area contributed by atoms with E-state index in [0.29, 0.717) is 0 Å². The molecule has 0 amide bonds. The van der Waals surface area contributed by atoms with Gasteiger partial charge in [-0.05, 0) is 0 Å². The van der Waals surface area contributed by atoms with Gasteiger partial charge in [-0.3, -0.25) is 0 Å². The molecule has 0 aliphatic carbocycles. The van der Waals surface area contributed by atoms with Crippen molar-refractivity contribution >= 4 is 21.4 Å². The molecular weight excluding hydrogens is 374 g/mol. The third-order valence-corrected chi connectivity index (χ3v) is 7.95. The summed E-state index contributed by atoms with van der Waals surface area (Å²) in [6, 6.07) is 0. The second-order valence-corrected chi connectivity index (χ2v) is 19.3. The van der Waals surface area contributed by atoms with Gasteiger partial charge < -0.3 is 0 Å². The van der Waals surface area contributed by atoms with Gasteiger partial charge in [-0.15, -0.1) is 0 Å². The molecule has 0 rings (SSSR count). The van der Waals surface area contributed by atoms with Crippen molar-refractivity contribution in [2.24, 2.45) is 0 Å². The molecule has 0 aromatic rings. The standard InChI is InChI=1S/C17H39AsO4P/c1-5-6-7-8-9-10-11-12-13-14-16-21-23(19,20)22-17-15-18(2,3)4/h5-17H2,1-4H3,(H,19,20)/p-1. The van der Waals surface area contributed by atoms with Crippen molar-refractivity contribution in [3.05, 3.63) is 0 Å². The first kappa shape index (κ1) is 23.7. The van der Waals surface area contributed by atoms with Crippen LogP contribution in [0.4, 0.5) is 0 Å². The van der Waals surface area contributed by atoms with Crippen molar-refractivity contribution in [1.82, 2.24) is 0 Å². The van der Waals surface area contributed by atoms with E-state index in [1.807, 2.05) is 0 Å². The minimum absolute atomic E-state index is 0.257. The van der Waals surface area contributed by atoms with Gasteiger partial charge in [0, 0.05) is 0 Å². The summed E-state index contributed by atoms with van der Waals surface area (Å²) in [6.07, 6.45) is 12.2. The van der Waals surface area contributed by atoms with Crippen LogP contribution in [0.3, 0.4) is 0 Å². The van der Waals surface area contributed by atoms with E-state index in [0.717, 1.165) is 24.5 Å². The van der Waals surface area contributed by atoms with E-state index >= 15 is 0 Å². The Morgan fingerprint density at radius 1 is 0.783 bits per heavy atom. The number of rotatable bonds is 16. The summed E-state index contributed by atoms with van der Waals surface area (Å²) in [5.41, 5.74) is 6.67. The van der Waals surface area contributed by atoms with Crippen LogP contribution < -0.4 is 4.89 Å². The van der Waals surface area contributed by atoms with Gasteiger partial charge in [0.25, 0.3) is 0 Å². The molecule has 23 heavy (non-hydrogen) atoms. The molecule has 1 radical (unpaired) electrons. The summed E-state index contributed by atoms with van der Waals surface area (Å²) < 4.78 is 21.4. The number of phosphoric acid groups is 1. The zero-order chi connectivity index (χ0) is 17.6. The van der Waals surface area contributed by atoms with E-state index in [4.69, 9.17) is 9.05 Å². The van der Waals surface area contributed by atoms with Crippen molar-refractivity contribution in [3.63, 3.8) is 0 Å². The predicted molar refractivity (Wildman–Crippen MR) is 99.5 cm³/mol. The quantitative estimate of drug-likeness (QED) is 0.184.